The molecule has 1 rings (SSSR count). The Labute approximate surface area is 64.0 Å². The highest BCUT2D eigenvalue weighted by Crippen LogP contribution is 2.40. The van der Waals surface area contributed by atoms with E-state index in [0.29, 0.717) is 0 Å². The molecule has 0 radical (unpaired) electrons. The quantitative estimate of drug-likeness (QED) is 0.337. The first-order valence-corrected chi connectivity index (χ1v) is 2.56. The third-order valence-electron chi connectivity index (χ3n) is 1.11. The van der Waals surface area contributed by atoms with Crippen molar-refractivity contribution >= 4 is 0 Å². The summed E-state index contributed by atoms with van der Waals surface area (Å²) in [5.41, 5.74) is 0. The highest BCUT2D eigenvalue weighted by Gasteiger charge is 2.08. The van der Waals surface area contributed by atoms with E-state index in [4.69, 9.17) is 20.4 Å². The van der Waals surface area contributed by atoms with Gasteiger partial charge in [0.15, 0.2) is 11.5 Å². The molecule has 0 fully saturated rings. The molecule has 0 saturated heterocycles. The van der Waals surface area contributed by atoms with Crippen LogP contribution in [0.3, 0.4) is 0 Å². The van der Waals surface area contributed by atoms with E-state index in [9.17, 15) is 0 Å². The Morgan fingerprint density at radius 2 is 1.00 bits per heavy atom. The molecule has 0 aliphatic heterocycles. The van der Waals surface area contributed by atoms with Crippen LogP contribution in [0, 0.1) is 0 Å². The normalized spacial score (nSPS) is 8.73. The monoisotopic (exact) mass is 158 g/mol. The van der Waals surface area contributed by atoms with E-state index < -0.39 is 23.0 Å². The molecule has 4 N–H and O–H groups in total. The molecule has 0 atom stereocenters. The second kappa shape index (κ2) is 3.01. The molecule has 4 heteroatoms. The number of rotatable bonds is 0. The first kappa shape index (κ1) is 9.42. The van der Waals surface area contributed by atoms with Gasteiger partial charge in [0, 0.05) is 0 Å². The minimum atomic E-state index is -0.708. The number of hydrogen-bond acceptors (Lipinski definition) is 4. The number of phenols is 4. The third-order valence-corrected chi connectivity index (χ3v) is 1.11. The molecule has 4 nitrogen and oxygen atoms in total. The second-order valence-corrected chi connectivity index (χ2v) is 1.80. The van der Waals surface area contributed by atoms with E-state index >= 15 is 0 Å². The van der Waals surface area contributed by atoms with Crippen molar-refractivity contribution < 1.29 is 20.4 Å². The average Bonchev–Trinajstić information content (AvgIpc) is 1.93. The van der Waals surface area contributed by atoms with Gasteiger partial charge in [0.2, 0.25) is 11.5 Å². The highest BCUT2D eigenvalue weighted by molar-refractivity contribution is 5.55. The Kier molecular flexibility index (Phi) is 2.57. The van der Waals surface area contributed by atoms with Gasteiger partial charge in [-0.3, -0.25) is 0 Å². The molecular weight excluding hydrogens is 148 g/mol. The van der Waals surface area contributed by atoms with Gasteiger partial charge in [-0.1, -0.05) is 7.43 Å². The van der Waals surface area contributed by atoms with Crippen LogP contribution in [-0.2, 0) is 0 Å². The fourth-order valence-corrected chi connectivity index (χ4v) is 0.558. The Balaban J connectivity index is 0.000001000. The standard InChI is InChI=1S/C6H6O4.CH4/c7-3-1-2-4(8)6(10)5(3)9;/h1-2,7-10H;1H4. The molecule has 0 aliphatic rings. The number of phenolic OH excluding ortho intramolecular Hbond substituents is 4. The Hall–Kier alpha value is -1.58. The summed E-state index contributed by atoms with van der Waals surface area (Å²) >= 11 is 0. The second-order valence-electron chi connectivity index (χ2n) is 1.80. The summed E-state index contributed by atoms with van der Waals surface area (Å²) in [5.74, 6) is -2.34. The topological polar surface area (TPSA) is 80.9 Å². The van der Waals surface area contributed by atoms with Gasteiger partial charge < -0.3 is 20.4 Å². The van der Waals surface area contributed by atoms with Gasteiger partial charge in [-0.05, 0) is 12.1 Å². The fourth-order valence-electron chi connectivity index (χ4n) is 0.558. The Morgan fingerprint density at radius 1 is 0.727 bits per heavy atom. The van der Waals surface area contributed by atoms with Crippen LogP contribution in [0.1, 0.15) is 7.43 Å². The van der Waals surface area contributed by atoms with Gasteiger partial charge in [-0.25, -0.2) is 0 Å². The van der Waals surface area contributed by atoms with Gasteiger partial charge in [-0.2, -0.15) is 0 Å². The zero-order chi connectivity index (χ0) is 7.72. The van der Waals surface area contributed by atoms with E-state index in [1.54, 1.807) is 0 Å². The lowest BCUT2D eigenvalue weighted by molar-refractivity contribution is 0.346. The molecular formula is C7H10O4. The van der Waals surface area contributed by atoms with Gasteiger partial charge >= 0.3 is 0 Å². The predicted molar refractivity (Wildman–Crippen MR) is 39.8 cm³/mol. The van der Waals surface area contributed by atoms with E-state index in [0.717, 1.165) is 12.1 Å². The SMILES string of the molecule is C.Oc1ccc(O)c(O)c1O. The summed E-state index contributed by atoms with van der Waals surface area (Å²) < 4.78 is 0. The van der Waals surface area contributed by atoms with Gasteiger partial charge in [0.1, 0.15) is 0 Å². The van der Waals surface area contributed by atoms with Crippen LogP contribution in [0.4, 0.5) is 0 Å². The lowest BCUT2D eigenvalue weighted by Crippen LogP contribution is -1.71. The summed E-state index contributed by atoms with van der Waals surface area (Å²) in [6.07, 6.45) is 0. The first-order chi connectivity index (χ1) is 4.63. The van der Waals surface area contributed by atoms with Crippen molar-refractivity contribution in [3.05, 3.63) is 12.1 Å². The van der Waals surface area contributed by atoms with Crippen molar-refractivity contribution in [1.29, 1.82) is 0 Å². The zero-order valence-corrected chi connectivity index (χ0v) is 4.94. The zero-order valence-electron chi connectivity index (χ0n) is 4.94. The van der Waals surface area contributed by atoms with E-state index in [-0.39, 0.29) is 7.43 Å². The lowest BCUT2D eigenvalue weighted by atomic mass is 10.3. The van der Waals surface area contributed by atoms with Gasteiger partial charge in [0.05, 0.1) is 0 Å². The van der Waals surface area contributed by atoms with Crippen LogP contribution >= 0.6 is 0 Å². The van der Waals surface area contributed by atoms with Crippen molar-refractivity contribution in [3.8, 4) is 23.0 Å². The van der Waals surface area contributed by atoms with E-state index in [1.807, 2.05) is 0 Å². The van der Waals surface area contributed by atoms with Crippen molar-refractivity contribution in [3.63, 3.8) is 0 Å². The maximum Gasteiger partial charge on any atom is 0.204 e. The molecule has 0 aliphatic carbocycles. The molecule has 0 unspecified atom stereocenters. The minimum absolute atomic E-state index is 0. The molecule has 0 aromatic heterocycles. The molecule has 0 heterocycles. The number of aromatic hydroxyl groups is 4. The molecule has 0 bridgehead atoms. The van der Waals surface area contributed by atoms with Crippen molar-refractivity contribution in [1.82, 2.24) is 0 Å². The maximum atomic E-state index is 8.73. The van der Waals surface area contributed by atoms with Crippen molar-refractivity contribution in [2.75, 3.05) is 0 Å². The third kappa shape index (κ3) is 1.46. The molecule has 0 spiro atoms. The molecule has 0 saturated carbocycles. The largest absolute Gasteiger partial charge is 0.504 e. The van der Waals surface area contributed by atoms with Crippen LogP contribution in [0.2, 0.25) is 0 Å². The minimum Gasteiger partial charge on any atom is -0.504 e. The maximum absolute atomic E-state index is 8.73. The Morgan fingerprint density at radius 3 is 1.27 bits per heavy atom. The lowest BCUT2D eigenvalue weighted by Gasteiger charge is -2.00. The fraction of sp³-hybridized carbons (Fsp3) is 0.143. The van der Waals surface area contributed by atoms with Gasteiger partial charge in [0.25, 0.3) is 0 Å². The summed E-state index contributed by atoms with van der Waals surface area (Å²) in [5, 5.41) is 34.9. The van der Waals surface area contributed by atoms with Crippen LogP contribution < -0.4 is 0 Å². The summed E-state index contributed by atoms with van der Waals surface area (Å²) in [7, 11) is 0. The molecule has 0 amide bonds. The average molecular weight is 158 g/mol. The number of benzene rings is 1. The number of hydrogen-bond donors (Lipinski definition) is 4. The van der Waals surface area contributed by atoms with Crippen molar-refractivity contribution in [2.24, 2.45) is 0 Å². The van der Waals surface area contributed by atoms with E-state index in [2.05, 4.69) is 0 Å². The van der Waals surface area contributed by atoms with Crippen molar-refractivity contribution in [2.45, 2.75) is 7.43 Å². The molecule has 11 heavy (non-hydrogen) atoms. The van der Waals surface area contributed by atoms with Crippen LogP contribution in [-0.4, -0.2) is 20.4 Å². The summed E-state index contributed by atoms with van der Waals surface area (Å²) in [6.45, 7) is 0. The van der Waals surface area contributed by atoms with Gasteiger partial charge in [-0.15, -0.1) is 0 Å². The summed E-state index contributed by atoms with van der Waals surface area (Å²) in [4.78, 5) is 0. The highest BCUT2D eigenvalue weighted by atomic mass is 16.3. The van der Waals surface area contributed by atoms with Crippen LogP contribution in [0.25, 0.3) is 0 Å². The van der Waals surface area contributed by atoms with Crippen LogP contribution in [0.15, 0.2) is 12.1 Å². The molecule has 62 valence electrons. The molecule has 1 aromatic rings. The van der Waals surface area contributed by atoms with Crippen LogP contribution in [0.5, 0.6) is 23.0 Å². The molecule has 1 aromatic carbocycles. The van der Waals surface area contributed by atoms with E-state index in [1.165, 1.54) is 0 Å². The first-order valence-electron chi connectivity index (χ1n) is 2.56. The Bertz CT molecular complexity index is 230. The smallest absolute Gasteiger partial charge is 0.204 e. The predicted octanol–water partition coefficient (Wildman–Crippen LogP) is 1.15. The summed E-state index contributed by atoms with van der Waals surface area (Å²) in [6, 6.07) is 2.15.